The second-order valence-corrected chi connectivity index (χ2v) is 9.54. The standard InChI is InChI=1S/C33H42O3/c1-4-6-8-10-16-33(34)36-26(3)27-17-19-28(20-18-27)31-14-11-12-15-32(31)29-21-23-30(24-22-29)35-25-13-9-7-5-2/h11-12,14-15,17-24,26H,4-10,13,16,25H2,1-3H3. The van der Waals surface area contributed by atoms with Gasteiger partial charge in [-0.3, -0.25) is 4.79 Å². The molecule has 0 heterocycles. The van der Waals surface area contributed by atoms with Gasteiger partial charge in [-0.1, -0.05) is 113 Å². The molecule has 1 atom stereocenters. The van der Waals surface area contributed by atoms with Crippen LogP contribution in [-0.4, -0.2) is 12.6 Å². The van der Waals surface area contributed by atoms with Gasteiger partial charge in [0, 0.05) is 6.42 Å². The average Bonchev–Trinajstić information content (AvgIpc) is 2.91. The van der Waals surface area contributed by atoms with E-state index in [1.807, 2.05) is 6.92 Å². The molecule has 3 aromatic carbocycles. The smallest absolute Gasteiger partial charge is 0.306 e. The molecular weight excluding hydrogens is 444 g/mol. The molecule has 0 aliphatic rings. The predicted molar refractivity (Wildman–Crippen MR) is 150 cm³/mol. The Bertz CT molecular complexity index is 1040. The molecule has 0 spiro atoms. The van der Waals surface area contributed by atoms with E-state index in [0.717, 1.165) is 42.7 Å². The number of carbonyl (C=O) groups excluding carboxylic acids is 1. The second kappa shape index (κ2) is 15.1. The third-order valence-corrected chi connectivity index (χ3v) is 6.59. The first-order valence-corrected chi connectivity index (χ1v) is 13.7. The number of unbranched alkanes of at least 4 members (excludes halogenated alkanes) is 6. The van der Waals surface area contributed by atoms with Crippen molar-refractivity contribution < 1.29 is 14.3 Å². The molecule has 0 saturated carbocycles. The zero-order valence-electron chi connectivity index (χ0n) is 22.3. The summed E-state index contributed by atoms with van der Waals surface area (Å²) in [7, 11) is 0. The highest BCUT2D eigenvalue weighted by atomic mass is 16.5. The third kappa shape index (κ3) is 8.55. The summed E-state index contributed by atoms with van der Waals surface area (Å²) in [5, 5.41) is 0. The molecule has 36 heavy (non-hydrogen) atoms. The van der Waals surface area contributed by atoms with E-state index in [4.69, 9.17) is 9.47 Å². The lowest BCUT2D eigenvalue weighted by atomic mass is 9.94. The van der Waals surface area contributed by atoms with Gasteiger partial charge < -0.3 is 9.47 Å². The second-order valence-electron chi connectivity index (χ2n) is 9.54. The van der Waals surface area contributed by atoms with Crippen molar-refractivity contribution in [2.75, 3.05) is 6.61 Å². The molecule has 0 radical (unpaired) electrons. The molecule has 0 bridgehead atoms. The summed E-state index contributed by atoms with van der Waals surface area (Å²) in [6.07, 6.45) is 9.41. The fraction of sp³-hybridized carbons (Fsp3) is 0.424. The molecule has 0 saturated heterocycles. The number of hydrogen-bond acceptors (Lipinski definition) is 3. The van der Waals surface area contributed by atoms with E-state index in [9.17, 15) is 4.79 Å². The zero-order valence-corrected chi connectivity index (χ0v) is 22.3. The van der Waals surface area contributed by atoms with E-state index in [0.29, 0.717) is 6.42 Å². The molecule has 3 nitrogen and oxygen atoms in total. The fourth-order valence-electron chi connectivity index (χ4n) is 4.39. The number of hydrogen-bond donors (Lipinski definition) is 0. The molecular formula is C33H42O3. The summed E-state index contributed by atoms with van der Waals surface area (Å²) in [6, 6.07) is 25.2. The highest BCUT2D eigenvalue weighted by Crippen LogP contribution is 2.33. The van der Waals surface area contributed by atoms with Gasteiger partial charge in [0.25, 0.3) is 0 Å². The molecule has 0 aromatic heterocycles. The lowest BCUT2D eigenvalue weighted by Crippen LogP contribution is -2.08. The van der Waals surface area contributed by atoms with Gasteiger partial charge in [0.1, 0.15) is 11.9 Å². The summed E-state index contributed by atoms with van der Waals surface area (Å²) in [5.74, 6) is 0.812. The van der Waals surface area contributed by atoms with Gasteiger partial charge in [0.15, 0.2) is 0 Å². The van der Waals surface area contributed by atoms with E-state index in [1.54, 1.807) is 0 Å². The van der Waals surface area contributed by atoms with Gasteiger partial charge in [-0.25, -0.2) is 0 Å². The highest BCUT2D eigenvalue weighted by Gasteiger charge is 2.13. The van der Waals surface area contributed by atoms with Crippen LogP contribution in [0.2, 0.25) is 0 Å². The number of rotatable bonds is 15. The topological polar surface area (TPSA) is 35.5 Å². The van der Waals surface area contributed by atoms with Crippen LogP contribution in [0.25, 0.3) is 22.3 Å². The van der Waals surface area contributed by atoms with Crippen molar-refractivity contribution in [3.05, 3.63) is 78.4 Å². The van der Waals surface area contributed by atoms with Crippen LogP contribution in [0.5, 0.6) is 5.75 Å². The third-order valence-electron chi connectivity index (χ3n) is 6.59. The molecule has 1 unspecified atom stereocenters. The lowest BCUT2D eigenvalue weighted by molar-refractivity contribution is -0.148. The Hall–Kier alpha value is -3.07. The maximum atomic E-state index is 12.2. The largest absolute Gasteiger partial charge is 0.494 e. The summed E-state index contributed by atoms with van der Waals surface area (Å²) < 4.78 is 11.6. The van der Waals surface area contributed by atoms with Crippen molar-refractivity contribution in [2.24, 2.45) is 0 Å². The van der Waals surface area contributed by atoms with Crippen molar-refractivity contribution in [3.63, 3.8) is 0 Å². The molecule has 0 fully saturated rings. The van der Waals surface area contributed by atoms with Crippen molar-refractivity contribution in [2.45, 2.75) is 84.7 Å². The molecule has 3 aromatic rings. The average molecular weight is 487 g/mol. The maximum Gasteiger partial charge on any atom is 0.306 e. The van der Waals surface area contributed by atoms with E-state index >= 15 is 0 Å². The molecule has 0 amide bonds. The summed E-state index contributed by atoms with van der Waals surface area (Å²) in [6.45, 7) is 7.11. The summed E-state index contributed by atoms with van der Waals surface area (Å²) >= 11 is 0. The van der Waals surface area contributed by atoms with Crippen molar-refractivity contribution >= 4 is 5.97 Å². The lowest BCUT2D eigenvalue weighted by Gasteiger charge is -2.15. The summed E-state index contributed by atoms with van der Waals surface area (Å²) in [5.41, 5.74) is 5.69. The van der Waals surface area contributed by atoms with Crippen LogP contribution in [0.1, 0.15) is 90.2 Å². The van der Waals surface area contributed by atoms with Crippen LogP contribution in [0.3, 0.4) is 0 Å². The van der Waals surface area contributed by atoms with Crippen LogP contribution >= 0.6 is 0 Å². The molecule has 0 aliphatic heterocycles. The van der Waals surface area contributed by atoms with Crippen LogP contribution in [0, 0.1) is 0 Å². The highest BCUT2D eigenvalue weighted by molar-refractivity contribution is 5.83. The quantitative estimate of drug-likeness (QED) is 0.158. The first kappa shape index (κ1) is 27.5. The Kier molecular flexibility index (Phi) is 11.6. The monoisotopic (exact) mass is 486 g/mol. The predicted octanol–water partition coefficient (Wildman–Crippen LogP) is 9.55. The van der Waals surface area contributed by atoms with Crippen LogP contribution in [-0.2, 0) is 9.53 Å². The first-order chi connectivity index (χ1) is 17.6. The van der Waals surface area contributed by atoms with Gasteiger partial charge >= 0.3 is 5.97 Å². The van der Waals surface area contributed by atoms with Crippen molar-refractivity contribution in [1.82, 2.24) is 0 Å². The normalized spacial score (nSPS) is 11.8. The van der Waals surface area contributed by atoms with Crippen LogP contribution in [0.15, 0.2) is 72.8 Å². The van der Waals surface area contributed by atoms with Gasteiger partial charge in [-0.2, -0.15) is 0 Å². The Morgan fingerprint density at radius 1 is 0.694 bits per heavy atom. The number of carbonyl (C=O) groups is 1. The number of benzene rings is 3. The van der Waals surface area contributed by atoms with E-state index in [1.165, 1.54) is 48.8 Å². The van der Waals surface area contributed by atoms with E-state index < -0.39 is 0 Å². The van der Waals surface area contributed by atoms with Crippen LogP contribution < -0.4 is 4.74 Å². The minimum atomic E-state index is -0.248. The van der Waals surface area contributed by atoms with Crippen molar-refractivity contribution in [3.8, 4) is 28.0 Å². The molecule has 0 aliphatic carbocycles. The SMILES string of the molecule is CCCCCCOc1ccc(-c2ccccc2-c2ccc(C(C)OC(=O)CCCCCC)cc2)cc1. The van der Waals surface area contributed by atoms with Crippen molar-refractivity contribution in [1.29, 1.82) is 0 Å². The Morgan fingerprint density at radius 2 is 1.25 bits per heavy atom. The molecule has 3 heteroatoms. The fourth-order valence-corrected chi connectivity index (χ4v) is 4.39. The van der Waals surface area contributed by atoms with Gasteiger partial charge in [-0.15, -0.1) is 0 Å². The first-order valence-electron chi connectivity index (χ1n) is 13.7. The van der Waals surface area contributed by atoms with Crippen LogP contribution in [0.4, 0.5) is 0 Å². The molecule has 192 valence electrons. The molecule has 3 rings (SSSR count). The Labute approximate surface area is 217 Å². The Balaban J connectivity index is 1.63. The minimum absolute atomic E-state index is 0.110. The van der Waals surface area contributed by atoms with Gasteiger partial charge in [-0.05, 0) is 59.7 Å². The minimum Gasteiger partial charge on any atom is -0.494 e. The molecule has 0 N–H and O–H groups in total. The van der Waals surface area contributed by atoms with E-state index in [-0.39, 0.29) is 12.1 Å². The van der Waals surface area contributed by atoms with E-state index in [2.05, 4.69) is 86.6 Å². The zero-order chi connectivity index (χ0) is 25.6. The maximum absolute atomic E-state index is 12.2. The summed E-state index contributed by atoms with van der Waals surface area (Å²) in [4.78, 5) is 12.2. The number of ether oxygens (including phenoxy) is 2. The Morgan fingerprint density at radius 3 is 1.83 bits per heavy atom. The van der Waals surface area contributed by atoms with Gasteiger partial charge in [0.05, 0.1) is 6.61 Å². The van der Waals surface area contributed by atoms with Gasteiger partial charge in [0.2, 0.25) is 0 Å². The number of esters is 1.